The Morgan fingerprint density at radius 1 is 1.21 bits per heavy atom. The molecule has 0 radical (unpaired) electrons. The summed E-state index contributed by atoms with van der Waals surface area (Å²) in [6, 6.07) is 14.4. The van der Waals surface area contributed by atoms with Gasteiger partial charge in [0, 0.05) is 17.8 Å². The zero-order valence-corrected chi connectivity index (χ0v) is 16.8. The number of nitrogens with two attached hydrogens (primary N) is 1. The van der Waals surface area contributed by atoms with Crippen molar-refractivity contribution in [3.8, 4) is 17.0 Å². The second-order valence-corrected chi connectivity index (χ2v) is 7.55. The minimum absolute atomic E-state index is 0.143. The average Bonchev–Trinajstić information content (AvgIpc) is 2.73. The van der Waals surface area contributed by atoms with Crippen LogP contribution in [0.2, 0.25) is 0 Å². The maximum atomic E-state index is 12.4. The van der Waals surface area contributed by atoms with E-state index in [0.29, 0.717) is 17.8 Å². The van der Waals surface area contributed by atoms with Crippen LogP contribution in [0.1, 0.15) is 12.5 Å². The molecule has 2 aromatic carbocycles. The number of benzene rings is 2. The minimum Gasteiger partial charge on any atom is -0.497 e. The fourth-order valence-electron chi connectivity index (χ4n) is 2.56. The number of aromatic amines is 1. The van der Waals surface area contributed by atoms with Gasteiger partial charge in [0.15, 0.2) is 10.9 Å². The van der Waals surface area contributed by atoms with E-state index < -0.39 is 10.8 Å². The second-order valence-electron chi connectivity index (χ2n) is 6.22. The summed E-state index contributed by atoms with van der Waals surface area (Å²) in [6.07, 6.45) is 0. The number of rotatable bonds is 7. The summed E-state index contributed by atoms with van der Waals surface area (Å²) in [6.45, 7) is 2.12. The summed E-state index contributed by atoms with van der Waals surface area (Å²) in [4.78, 5) is 27.4. The van der Waals surface area contributed by atoms with E-state index in [1.165, 1.54) is 0 Å². The lowest BCUT2D eigenvalue weighted by molar-refractivity contribution is -0.120. The molecule has 0 aliphatic carbocycles. The van der Waals surface area contributed by atoms with Crippen molar-refractivity contribution in [3.63, 3.8) is 0 Å². The number of methoxy groups -OCH3 is 1. The largest absolute Gasteiger partial charge is 0.497 e. The second kappa shape index (κ2) is 9.24. The first kappa shape index (κ1) is 20.4. The molecule has 29 heavy (non-hydrogen) atoms. The van der Waals surface area contributed by atoms with Gasteiger partial charge in [0.1, 0.15) is 5.75 Å². The monoisotopic (exact) mass is 411 g/mol. The molecule has 3 rings (SSSR count). The van der Waals surface area contributed by atoms with Gasteiger partial charge in [0.2, 0.25) is 5.91 Å². The maximum Gasteiger partial charge on any atom is 0.278 e. The average molecular weight is 411 g/mol. The van der Waals surface area contributed by atoms with E-state index in [1.54, 1.807) is 38.3 Å². The van der Waals surface area contributed by atoms with Crippen LogP contribution in [0.3, 0.4) is 0 Å². The summed E-state index contributed by atoms with van der Waals surface area (Å²) in [5, 5.41) is 10.7. The predicted molar refractivity (Wildman–Crippen MR) is 113 cm³/mol. The zero-order chi connectivity index (χ0) is 20.8. The van der Waals surface area contributed by atoms with E-state index in [1.807, 2.05) is 24.3 Å². The highest BCUT2D eigenvalue weighted by atomic mass is 32.2. The number of nitrogens with zero attached hydrogens (tertiary/aromatic N) is 2. The quantitative estimate of drug-likeness (QED) is 0.402. The standard InChI is InChI=1S/C20H21N5O3S/c1-12(18(26)22-11-13-7-9-14(28-2)10-8-13)29-20-23-19(27)17(24-25-20)15-5-3-4-6-16(15)21/h3-10,12H,11,21H2,1-2H3,(H,22,26)(H,23,25,27)/t12-/m0/s1. The van der Waals surface area contributed by atoms with Crippen LogP contribution in [0.4, 0.5) is 5.69 Å². The van der Waals surface area contributed by atoms with Crippen molar-refractivity contribution in [2.45, 2.75) is 23.9 Å². The molecule has 150 valence electrons. The maximum absolute atomic E-state index is 12.4. The number of nitrogen functional groups attached to an aromatic ring is 1. The van der Waals surface area contributed by atoms with Gasteiger partial charge in [-0.05, 0) is 30.7 Å². The van der Waals surface area contributed by atoms with Crippen molar-refractivity contribution in [1.82, 2.24) is 20.5 Å². The highest BCUT2D eigenvalue weighted by molar-refractivity contribution is 8.00. The predicted octanol–water partition coefficient (Wildman–Crippen LogP) is 2.22. The van der Waals surface area contributed by atoms with Crippen LogP contribution in [0.25, 0.3) is 11.3 Å². The molecule has 0 saturated carbocycles. The molecule has 0 bridgehead atoms. The highest BCUT2D eigenvalue weighted by Crippen LogP contribution is 2.22. The Morgan fingerprint density at radius 3 is 2.59 bits per heavy atom. The number of H-pyrrole nitrogens is 1. The van der Waals surface area contributed by atoms with Gasteiger partial charge in [-0.2, -0.15) is 0 Å². The number of carbonyl (C=O) groups excluding carboxylic acids is 1. The van der Waals surface area contributed by atoms with Crippen molar-refractivity contribution in [2.75, 3.05) is 12.8 Å². The Bertz CT molecular complexity index is 1050. The van der Waals surface area contributed by atoms with E-state index in [4.69, 9.17) is 10.5 Å². The number of nitrogens with one attached hydrogen (secondary N) is 2. The molecule has 3 aromatic rings. The number of thioether (sulfide) groups is 1. The van der Waals surface area contributed by atoms with Crippen LogP contribution >= 0.6 is 11.8 Å². The third-order valence-corrected chi connectivity index (χ3v) is 5.15. The fraction of sp³-hybridized carbons (Fsp3) is 0.200. The lowest BCUT2D eigenvalue weighted by Crippen LogP contribution is -2.30. The first-order valence-corrected chi connectivity index (χ1v) is 9.75. The molecular weight excluding hydrogens is 390 g/mol. The van der Waals surface area contributed by atoms with E-state index in [2.05, 4.69) is 20.5 Å². The van der Waals surface area contributed by atoms with Gasteiger partial charge in [-0.3, -0.25) is 14.6 Å². The summed E-state index contributed by atoms with van der Waals surface area (Å²) >= 11 is 1.12. The normalized spacial score (nSPS) is 11.7. The fourth-order valence-corrected chi connectivity index (χ4v) is 3.33. The zero-order valence-electron chi connectivity index (χ0n) is 16.0. The Labute approximate surface area is 171 Å². The molecule has 9 heteroatoms. The van der Waals surface area contributed by atoms with Gasteiger partial charge in [-0.25, -0.2) is 0 Å². The SMILES string of the molecule is COc1ccc(CNC(=O)[C@H](C)Sc2nnc(-c3ccccc3N)c(=O)[nH]2)cc1. The van der Waals surface area contributed by atoms with E-state index >= 15 is 0 Å². The smallest absolute Gasteiger partial charge is 0.278 e. The summed E-state index contributed by atoms with van der Waals surface area (Å²) in [5.41, 5.74) is 7.54. The third-order valence-electron chi connectivity index (χ3n) is 4.18. The molecule has 0 aliphatic rings. The first-order chi connectivity index (χ1) is 14.0. The van der Waals surface area contributed by atoms with Gasteiger partial charge in [-0.15, -0.1) is 10.2 Å². The van der Waals surface area contributed by atoms with E-state index in [9.17, 15) is 9.59 Å². The molecule has 0 saturated heterocycles. The summed E-state index contributed by atoms with van der Waals surface area (Å²) in [5.74, 6) is 0.581. The molecule has 0 fully saturated rings. The van der Waals surface area contributed by atoms with Gasteiger partial charge in [0.05, 0.1) is 12.4 Å². The molecule has 0 unspecified atom stereocenters. The van der Waals surface area contributed by atoms with Crippen LogP contribution in [-0.2, 0) is 11.3 Å². The Hall–Kier alpha value is -3.33. The molecule has 8 nitrogen and oxygen atoms in total. The Morgan fingerprint density at radius 2 is 1.93 bits per heavy atom. The van der Waals surface area contributed by atoms with E-state index in [-0.39, 0.29) is 16.8 Å². The molecule has 0 spiro atoms. The third kappa shape index (κ3) is 5.14. The Balaban J connectivity index is 1.61. The number of aromatic nitrogens is 3. The van der Waals surface area contributed by atoms with E-state index in [0.717, 1.165) is 23.1 Å². The number of ether oxygens (including phenoxy) is 1. The number of para-hydroxylation sites is 1. The minimum atomic E-state index is -0.467. The summed E-state index contributed by atoms with van der Waals surface area (Å²) in [7, 11) is 1.60. The number of hydrogen-bond donors (Lipinski definition) is 3. The molecule has 1 aromatic heterocycles. The van der Waals surface area contributed by atoms with Gasteiger partial charge in [0.25, 0.3) is 5.56 Å². The molecule has 0 aliphatic heterocycles. The van der Waals surface area contributed by atoms with Gasteiger partial charge in [-0.1, -0.05) is 42.1 Å². The highest BCUT2D eigenvalue weighted by Gasteiger charge is 2.17. The first-order valence-electron chi connectivity index (χ1n) is 8.87. The lowest BCUT2D eigenvalue weighted by Gasteiger charge is -2.11. The molecule has 1 heterocycles. The number of carbonyl (C=O) groups is 1. The topological polar surface area (TPSA) is 123 Å². The van der Waals surface area contributed by atoms with Crippen molar-refractivity contribution in [2.24, 2.45) is 0 Å². The molecule has 4 N–H and O–H groups in total. The van der Waals surface area contributed by atoms with Crippen LogP contribution in [0.15, 0.2) is 58.5 Å². The van der Waals surface area contributed by atoms with Crippen molar-refractivity contribution < 1.29 is 9.53 Å². The number of anilines is 1. The molecule has 1 atom stereocenters. The lowest BCUT2D eigenvalue weighted by atomic mass is 10.1. The number of hydrogen-bond acceptors (Lipinski definition) is 7. The van der Waals surface area contributed by atoms with Crippen LogP contribution < -0.4 is 21.3 Å². The van der Waals surface area contributed by atoms with Crippen molar-refractivity contribution in [3.05, 3.63) is 64.4 Å². The van der Waals surface area contributed by atoms with Crippen LogP contribution in [-0.4, -0.2) is 33.4 Å². The van der Waals surface area contributed by atoms with Gasteiger partial charge < -0.3 is 15.8 Å². The molecular formula is C20H21N5O3S. The summed E-state index contributed by atoms with van der Waals surface area (Å²) < 4.78 is 5.11. The Kier molecular flexibility index (Phi) is 6.50. The van der Waals surface area contributed by atoms with Crippen molar-refractivity contribution >= 4 is 23.4 Å². The number of amides is 1. The van der Waals surface area contributed by atoms with Crippen LogP contribution in [0, 0.1) is 0 Å². The molecule has 1 amide bonds. The van der Waals surface area contributed by atoms with Crippen LogP contribution in [0.5, 0.6) is 5.75 Å². The van der Waals surface area contributed by atoms with Crippen molar-refractivity contribution in [1.29, 1.82) is 0 Å². The van der Waals surface area contributed by atoms with Gasteiger partial charge >= 0.3 is 0 Å².